The van der Waals surface area contributed by atoms with Crippen molar-refractivity contribution >= 4 is 33.6 Å². The Kier molecular flexibility index (Phi) is 4.63. The molecule has 14 heavy (non-hydrogen) atoms. The van der Waals surface area contributed by atoms with E-state index >= 15 is 0 Å². The third-order valence-electron chi connectivity index (χ3n) is 1.97. The molecule has 76 valence electrons. The van der Waals surface area contributed by atoms with Gasteiger partial charge in [-0.25, -0.2) is 4.39 Å². The lowest BCUT2D eigenvalue weighted by Crippen LogP contribution is -1.87. The Labute approximate surface area is 96.9 Å². The number of hydrogen-bond acceptors (Lipinski definition) is 0. The maximum atomic E-state index is 13.3. The van der Waals surface area contributed by atoms with Crippen molar-refractivity contribution < 1.29 is 4.39 Å². The third-order valence-corrected chi connectivity index (χ3v) is 3.02. The van der Waals surface area contributed by atoms with Crippen LogP contribution in [0.5, 0.6) is 0 Å². The topological polar surface area (TPSA) is 0 Å². The van der Waals surface area contributed by atoms with Gasteiger partial charge in [0.15, 0.2) is 0 Å². The zero-order valence-electron chi connectivity index (χ0n) is 7.86. The van der Waals surface area contributed by atoms with E-state index in [1.54, 1.807) is 18.2 Å². The molecule has 0 aromatic heterocycles. The van der Waals surface area contributed by atoms with Crippen LogP contribution in [0.1, 0.15) is 18.9 Å². The Balaban J connectivity index is 3.12. The van der Waals surface area contributed by atoms with Gasteiger partial charge in [0.1, 0.15) is 5.82 Å². The Bertz CT molecular complexity index is 321. The predicted octanol–water partition coefficient (Wildman–Crippen LogP) is 4.67. The van der Waals surface area contributed by atoms with Crippen LogP contribution in [0.3, 0.4) is 0 Å². The summed E-state index contributed by atoms with van der Waals surface area (Å²) in [7, 11) is 0. The van der Waals surface area contributed by atoms with E-state index in [9.17, 15) is 4.39 Å². The molecular formula is C11H11BrClF. The summed E-state index contributed by atoms with van der Waals surface area (Å²) < 4.78 is 13.3. The summed E-state index contributed by atoms with van der Waals surface area (Å²) in [6, 6.07) is 4.71. The molecule has 0 saturated heterocycles. The molecule has 0 fully saturated rings. The van der Waals surface area contributed by atoms with Crippen molar-refractivity contribution in [1.82, 2.24) is 0 Å². The van der Waals surface area contributed by atoms with E-state index in [1.165, 1.54) is 6.07 Å². The van der Waals surface area contributed by atoms with Gasteiger partial charge in [0.25, 0.3) is 0 Å². The van der Waals surface area contributed by atoms with Gasteiger partial charge in [-0.1, -0.05) is 52.2 Å². The number of halogens is 3. The highest BCUT2D eigenvalue weighted by atomic mass is 79.9. The fourth-order valence-corrected chi connectivity index (χ4v) is 1.86. The van der Waals surface area contributed by atoms with Crippen LogP contribution in [0.2, 0.25) is 5.02 Å². The molecule has 0 atom stereocenters. The Hall–Kier alpha value is -0.340. The molecule has 0 aliphatic rings. The first-order valence-electron chi connectivity index (χ1n) is 4.38. The largest absolute Gasteiger partial charge is 0.206 e. The van der Waals surface area contributed by atoms with Gasteiger partial charge in [-0.05, 0) is 18.6 Å². The van der Waals surface area contributed by atoms with Crippen molar-refractivity contribution in [2.45, 2.75) is 13.3 Å². The van der Waals surface area contributed by atoms with E-state index in [4.69, 9.17) is 11.6 Å². The van der Waals surface area contributed by atoms with Crippen LogP contribution in [-0.2, 0) is 0 Å². The van der Waals surface area contributed by atoms with E-state index in [0.717, 1.165) is 17.3 Å². The maximum absolute atomic E-state index is 13.3. The molecule has 3 heteroatoms. The molecule has 0 aliphatic carbocycles. The van der Waals surface area contributed by atoms with Crippen molar-refractivity contribution in [3.63, 3.8) is 0 Å². The van der Waals surface area contributed by atoms with Gasteiger partial charge < -0.3 is 0 Å². The van der Waals surface area contributed by atoms with Gasteiger partial charge in [0.05, 0.1) is 5.02 Å². The van der Waals surface area contributed by atoms with Crippen molar-refractivity contribution in [2.24, 2.45) is 0 Å². The van der Waals surface area contributed by atoms with Gasteiger partial charge >= 0.3 is 0 Å². The molecule has 0 saturated carbocycles. The molecule has 1 aromatic rings. The molecule has 0 radical (unpaired) electrons. The Morgan fingerprint density at radius 2 is 2.29 bits per heavy atom. The monoisotopic (exact) mass is 276 g/mol. The van der Waals surface area contributed by atoms with Gasteiger partial charge in [0.2, 0.25) is 0 Å². The summed E-state index contributed by atoms with van der Waals surface area (Å²) in [6.45, 7) is 2.03. The molecule has 0 nitrogen and oxygen atoms in total. The van der Waals surface area contributed by atoms with Crippen LogP contribution < -0.4 is 0 Å². The fraction of sp³-hybridized carbons (Fsp3) is 0.273. The minimum Gasteiger partial charge on any atom is -0.206 e. The maximum Gasteiger partial charge on any atom is 0.131 e. The van der Waals surface area contributed by atoms with E-state index in [2.05, 4.69) is 15.9 Å². The second kappa shape index (κ2) is 5.52. The Morgan fingerprint density at radius 1 is 1.57 bits per heavy atom. The lowest BCUT2D eigenvalue weighted by Gasteiger charge is -2.03. The minimum absolute atomic E-state index is 0.274. The molecule has 0 unspecified atom stereocenters. The molecule has 0 amide bonds. The SMILES string of the molecule is CC/C(=C/c1c(F)cccc1Cl)CBr. The molecule has 1 rings (SSSR count). The molecule has 0 spiro atoms. The van der Waals surface area contributed by atoms with Crippen LogP contribution in [0.15, 0.2) is 23.8 Å². The zero-order valence-corrected chi connectivity index (χ0v) is 10.2. The standard InChI is InChI=1S/C11H11BrClF/c1-2-8(7-12)6-9-10(13)4-3-5-11(9)14/h3-6H,2,7H2,1H3/b8-6-. The Morgan fingerprint density at radius 3 is 2.79 bits per heavy atom. The van der Waals surface area contributed by atoms with Crippen molar-refractivity contribution in [2.75, 3.05) is 5.33 Å². The van der Waals surface area contributed by atoms with Crippen LogP contribution in [0.25, 0.3) is 6.08 Å². The number of hydrogen-bond donors (Lipinski definition) is 0. The van der Waals surface area contributed by atoms with Crippen molar-refractivity contribution in [3.8, 4) is 0 Å². The first kappa shape index (κ1) is 11.7. The van der Waals surface area contributed by atoms with Gasteiger partial charge in [0, 0.05) is 10.9 Å². The van der Waals surface area contributed by atoms with Crippen LogP contribution >= 0.6 is 27.5 Å². The summed E-state index contributed by atoms with van der Waals surface area (Å²) in [6.07, 6.45) is 2.68. The first-order chi connectivity index (χ1) is 6.69. The minimum atomic E-state index is -0.274. The predicted molar refractivity (Wildman–Crippen MR) is 63.5 cm³/mol. The average Bonchev–Trinajstić information content (AvgIpc) is 2.18. The van der Waals surface area contributed by atoms with Gasteiger partial charge in [-0.15, -0.1) is 0 Å². The van der Waals surface area contributed by atoms with E-state index in [0.29, 0.717) is 10.6 Å². The molecule has 0 bridgehead atoms. The lowest BCUT2D eigenvalue weighted by molar-refractivity contribution is 0.625. The first-order valence-corrected chi connectivity index (χ1v) is 5.88. The number of benzene rings is 1. The normalized spacial score (nSPS) is 11.9. The molecule has 0 aliphatic heterocycles. The molecule has 0 N–H and O–H groups in total. The summed E-state index contributed by atoms with van der Waals surface area (Å²) in [5, 5.41) is 1.20. The highest BCUT2D eigenvalue weighted by Gasteiger charge is 2.04. The summed E-state index contributed by atoms with van der Waals surface area (Å²) in [4.78, 5) is 0. The number of rotatable bonds is 3. The fourth-order valence-electron chi connectivity index (χ4n) is 1.09. The van der Waals surface area contributed by atoms with E-state index < -0.39 is 0 Å². The number of alkyl halides is 1. The van der Waals surface area contributed by atoms with Crippen LogP contribution in [0, 0.1) is 5.82 Å². The quantitative estimate of drug-likeness (QED) is 0.705. The summed E-state index contributed by atoms with van der Waals surface area (Å²) in [5.41, 5.74) is 1.60. The summed E-state index contributed by atoms with van der Waals surface area (Å²) >= 11 is 9.24. The van der Waals surface area contributed by atoms with E-state index in [1.807, 2.05) is 6.92 Å². The van der Waals surface area contributed by atoms with Crippen LogP contribution in [0.4, 0.5) is 4.39 Å². The second-order valence-corrected chi connectivity index (χ2v) is 3.89. The van der Waals surface area contributed by atoms with Crippen molar-refractivity contribution in [3.05, 3.63) is 40.2 Å². The highest BCUT2D eigenvalue weighted by Crippen LogP contribution is 2.23. The summed E-state index contributed by atoms with van der Waals surface area (Å²) in [5.74, 6) is -0.274. The smallest absolute Gasteiger partial charge is 0.131 e. The molecule has 0 heterocycles. The van der Waals surface area contributed by atoms with E-state index in [-0.39, 0.29) is 5.82 Å². The molecular weight excluding hydrogens is 266 g/mol. The second-order valence-electron chi connectivity index (χ2n) is 2.93. The third kappa shape index (κ3) is 2.82. The molecule has 1 aromatic carbocycles. The lowest BCUT2D eigenvalue weighted by atomic mass is 10.1. The average molecular weight is 278 g/mol. The van der Waals surface area contributed by atoms with Gasteiger partial charge in [-0.3, -0.25) is 0 Å². The highest BCUT2D eigenvalue weighted by molar-refractivity contribution is 9.09. The van der Waals surface area contributed by atoms with Crippen LogP contribution in [-0.4, -0.2) is 5.33 Å². The van der Waals surface area contributed by atoms with Gasteiger partial charge in [-0.2, -0.15) is 0 Å². The zero-order chi connectivity index (χ0) is 10.6. The van der Waals surface area contributed by atoms with Crippen molar-refractivity contribution in [1.29, 1.82) is 0 Å². The number of allylic oxidation sites excluding steroid dienone is 1.